The van der Waals surface area contributed by atoms with Crippen LogP contribution in [0.5, 0.6) is 5.75 Å². The highest BCUT2D eigenvalue weighted by molar-refractivity contribution is 6.05. The number of anilines is 1. The third kappa shape index (κ3) is 4.61. The molecule has 3 aromatic carbocycles. The maximum atomic E-state index is 12.9. The molecule has 0 aliphatic rings. The van der Waals surface area contributed by atoms with Gasteiger partial charge < -0.3 is 14.8 Å². The molecule has 27 heavy (non-hydrogen) atoms. The highest BCUT2D eigenvalue weighted by atomic mass is 19.1. The van der Waals surface area contributed by atoms with E-state index in [9.17, 15) is 14.0 Å². The summed E-state index contributed by atoms with van der Waals surface area (Å²) in [4.78, 5) is 24.3. The zero-order chi connectivity index (χ0) is 19.2. The van der Waals surface area contributed by atoms with Crippen molar-refractivity contribution >= 4 is 28.3 Å². The van der Waals surface area contributed by atoms with Crippen LogP contribution in [0.15, 0.2) is 60.7 Å². The van der Waals surface area contributed by atoms with Crippen LogP contribution < -0.4 is 10.1 Å². The van der Waals surface area contributed by atoms with Gasteiger partial charge in [0.25, 0.3) is 0 Å². The molecule has 3 aromatic rings. The lowest BCUT2D eigenvalue weighted by atomic mass is 10.0. The molecule has 138 valence electrons. The van der Waals surface area contributed by atoms with Crippen LogP contribution in [0, 0.1) is 5.82 Å². The summed E-state index contributed by atoms with van der Waals surface area (Å²) < 4.78 is 23.1. The van der Waals surface area contributed by atoms with Crippen molar-refractivity contribution in [2.45, 2.75) is 6.42 Å². The summed E-state index contributed by atoms with van der Waals surface area (Å²) in [6.07, 6.45) is 0.0742. The maximum Gasteiger partial charge on any atom is 0.339 e. The molecule has 0 heterocycles. The fourth-order valence-corrected chi connectivity index (χ4v) is 2.63. The van der Waals surface area contributed by atoms with Gasteiger partial charge >= 0.3 is 5.97 Å². The third-order valence-electron chi connectivity index (χ3n) is 3.98. The zero-order valence-corrected chi connectivity index (χ0v) is 14.7. The average Bonchev–Trinajstić information content (AvgIpc) is 2.68. The lowest BCUT2D eigenvalue weighted by molar-refractivity contribution is -0.116. The Kier molecular flexibility index (Phi) is 5.66. The molecule has 0 spiro atoms. The Morgan fingerprint density at radius 2 is 1.67 bits per heavy atom. The molecular formula is C21H18FNO4. The van der Waals surface area contributed by atoms with Crippen molar-refractivity contribution in [3.8, 4) is 5.75 Å². The second-order valence-corrected chi connectivity index (χ2v) is 5.84. The van der Waals surface area contributed by atoms with Crippen molar-refractivity contribution in [3.63, 3.8) is 0 Å². The molecule has 0 aliphatic carbocycles. The van der Waals surface area contributed by atoms with Gasteiger partial charge in [0.05, 0.1) is 31.4 Å². The first kappa shape index (κ1) is 18.4. The van der Waals surface area contributed by atoms with Crippen molar-refractivity contribution < 1.29 is 23.5 Å². The van der Waals surface area contributed by atoms with Gasteiger partial charge in [-0.2, -0.15) is 0 Å². The van der Waals surface area contributed by atoms with Crippen LogP contribution in [-0.4, -0.2) is 25.6 Å². The van der Waals surface area contributed by atoms with Crippen molar-refractivity contribution in [2.75, 3.05) is 19.0 Å². The van der Waals surface area contributed by atoms with Gasteiger partial charge in [0, 0.05) is 0 Å². The van der Waals surface area contributed by atoms with E-state index >= 15 is 0 Å². The summed E-state index contributed by atoms with van der Waals surface area (Å²) >= 11 is 0. The summed E-state index contributed by atoms with van der Waals surface area (Å²) in [5.41, 5.74) is 0.663. The van der Waals surface area contributed by atoms with Crippen molar-refractivity contribution in [3.05, 3.63) is 72.0 Å². The number of nitrogens with one attached hydrogen (secondary N) is 1. The fourth-order valence-electron chi connectivity index (χ4n) is 2.63. The summed E-state index contributed by atoms with van der Waals surface area (Å²) in [7, 11) is 1.29. The van der Waals surface area contributed by atoms with E-state index in [0.717, 1.165) is 10.8 Å². The highest BCUT2D eigenvalue weighted by Crippen LogP contribution is 2.25. The van der Waals surface area contributed by atoms with Gasteiger partial charge in [-0.05, 0) is 47.2 Å². The molecule has 0 aromatic heterocycles. The smallest absolute Gasteiger partial charge is 0.339 e. The molecule has 0 saturated carbocycles. The van der Waals surface area contributed by atoms with E-state index in [4.69, 9.17) is 9.47 Å². The van der Waals surface area contributed by atoms with E-state index in [1.54, 1.807) is 12.1 Å². The minimum absolute atomic E-state index is 0.0742. The Morgan fingerprint density at radius 1 is 1.00 bits per heavy atom. The van der Waals surface area contributed by atoms with E-state index in [2.05, 4.69) is 5.32 Å². The van der Waals surface area contributed by atoms with Crippen molar-refractivity contribution in [2.24, 2.45) is 0 Å². The Morgan fingerprint density at radius 3 is 2.33 bits per heavy atom. The van der Waals surface area contributed by atoms with Crippen LogP contribution in [-0.2, 0) is 9.53 Å². The van der Waals surface area contributed by atoms with E-state index < -0.39 is 5.97 Å². The molecule has 1 N–H and O–H groups in total. The Labute approximate surface area is 155 Å². The standard InChI is InChI=1S/C21H18FNO4/c1-26-21(25)18-12-14-4-2-3-5-15(14)13-19(18)23-20(24)10-11-27-17-8-6-16(22)7-9-17/h2-9,12-13H,10-11H2,1H3,(H,23,24). The number of hydrogen-bond acceptors (Lipinski definition) is 4. The lowest BCUT2D eigenvalue weighted by Crippen LogP contribution is -2.17. The number of carbonyl (C=O) groups excluding carboxylic acids is 2. The van der Waals surface area contributed by atoms with Crippen LogP contribution in [0.4, 0.5) is 10.1 Å². The number of methoxy groups -OCH3 is 1. The van der Waals surface area contributed by atoms with E-state index in [0.29, 0.717) is 11.4 Å². The molecule has 6 heteroatoms. The van der Waals surface area contributed by atoms with Crippen LogP contribution >= 0.6 is 0 Å². The number of esters is 1. The summed E-state index contributed by atoms with van der Waals surface area (Å²) in [6.45, 7) is 0.124. The van der Waals surface area contributed by atoms with Gasteiger partial charge in [0.2, 0.25) is 5.91 Å². The minimum Gasteiger partial charge on any atom is -0.493 e. The Hall–Kier alpha value is -3.41. The van der Waals surface area contributed by atoms with E-state index in [1.807, 2.05) is 24.3 Å². The number of rotatable bonds is 6. The van der Waals surface area contributed by atoms with E-state index in [-0.39, 0.29) is 30.3 Å². The molecule has 0 fully saturated rings. The number of carbonyl (C=O) groups is 2. The predicted octanol–water partition coefficient (Wildman–Crippen LogP) is 4.17. The van der Waals surface area contributed by atoms with Gasteiger partial charge in [0.15, 0.2) is 0 Å². The molecule has 3 rings (SSSR count). The number of benzene rings is 3. The van der Waals surface area contributed by atoms with Crippen LogP contribution in [0.25, 0.3) is 10.8 Å². The molecule has 0 saturated heterocycles. The Balaban J connectivity index is 1.69. The molecule has 0 aliphatic heterocycles. The van der Waals surface area contributed by atoms with Gasteiger partial charge in [-0.25, -0.2) is 9.18 Å². The number of hydrogen-bond donors (Lipinski definition) is 1. The summed E-state index contributed by atoms with van der Waals surface area (Å²) in [6, 6.07) is 16.5. The molecule has 0 unspecified atom stereocenters. The normalized spacial score (nSPS) is 10.4. The van der Waals surface area contributed by atoms with Gasteiger partial charge in [0.1, 0.15) is 11.6 Å². The summed E-state index contributed by atoms with van der Waals surface area (Å²) in [5.74, 6) is -0.715. The van der Waals surface area contributed by atoms with Gasteiger partial charge in [-0.15, -0.1) is 0 Å². The molecule has 0 atom stereocenters. The number of ether oxygens (including phenoxy) is 2. The largest absolute Gasteiger partial charge is 0.493 e. The average molecular weight is 367 g/mol. The van der Waals surface area contributed by atoms with Crippen molar-refractivity contribution in [1.82, 2.24) is 0 Å². The van der Waals surface area contributed by atoms with Gasteiger partial charge in [-0.3, -0.25) is 4.79 Å². The lowest BCUT2D eigenvalue weighted by Gasteiger charge is -2.12. The predicted molar refractivity (Wildman–Crippen MR) is 100 cm³/mol. The topological polar surface area (TPSA) is 64.6 Å². The van der Waals surface area contributed by atoms with Crippen molar-refractivity contribution in [1.29, 1.82) is 0 Å². The second kappa shape index (κ2) is 8.31. The van der Waals surface area contributed by atoms with Crippen LogP contribution in [0.1, 0.15) is 16.8 Å². The first-order chi connectivity index (χ1) is 13.1. The first-order valence-corrected chi connectivity index (χ1v) is 8.36. The van der Waals surface area contributed by atoms with Crippen LogP contribution in [0.3, 0.4) is 0 Å². The third-order valence-corrected chi connectivity index (χ3v) is 3.98. The monoisotopic (exact) mass is 367 g/mol. The quantitative estimate of drug-likeness (QED) is 0.664. The fraction of sp³-hybridized carbons (Fsp3) is 0.143. The second-order valence-electron chi connectivity index (χ2n) is 5.84. The minimum atomic E-state index is -0.529. The highest BCUT2D eigenvalue weighted by Gasteiger charge is 2.15. The zero-order valence-electron chi connectivity index (χ0n) is 14.7. The number of halogens is 1. The maximum absolute atomic E-state index is 12.9. The Bertz CT molecular complexity index is 970. The molecular weight excluding hydrogens is 349 g/mol. The molecule has 0 radical (unpaired) electrons. The first-order valence-electron chi connectivity index (χ1n) is 8.36. The summed E-state index contributed by atoms with van der Waals surface area (Å²) in [5, 5.41) is 4.50. The molecule has 5 nitrogen and oxygen atoms in total. The molecule has 1 amide bonds. The SMILES string of the molecule is COC(=O)c1cc2ccccc2cc1NC(=O)CCOc1ccc(F)cc1. The van der Waals surface area contributed by atoms with E-state index in [1.165, 1.54) is 31.4 Å². The number of fused-ring (bicyclic) bond motifs is 1. The van der Waals surface area contributed by atoms with Crippen LogP contribution in [0.2, 0.25) is 0 Å². The number of amides is 1. The molecule has 0 bridgehead atoms. The van der Waals surface area contributed by atoms with Gasteiger partial charge in [-0.1, -0.05) is 24.3 Å².